The number of nitrogens with zero attached hydrogens (tertiary/aromatic N) is 2. The Bertz CT molecular complexity index is 1260. The lowest BCUT2D eigenvalue weighted by atomic mass is 10.1. The first kappa shape index (κ1) is 24.3. The van der Waals surface area contributed by atoms with Crippen LogP contribution in [0, 0.1) is 13.8 Å². The van der Waals surface area contributed by atoms with Crippen LogP contribution in [0.3, 0.4) is 0 Å². The van der Waals surface area contributed by atoms with Crippen LogP contribution in [0.25, 0.3) is 11.0 Å². The summed E-state index contributed by atoms with van der Waals surface area (Å²) in [4.78, 5) is 17.3. The molecule has 1 amide bonds. The third-order valence-electron chi connectivity index (χ3n) is 5.96. The Balaban J connectivity index is 1.32. The summed E-state index contributed by atoms with van der Waals surface area (Å²) in [6.45, 7) is 6.24. The molecule has 0 atom stereocenters. The molecule has 0 saturated carbocycles. The number of amides is 1. The third-order valence-corrected chi connectivity index (χ3v) is 5.96. The Morgan fingerprint density at radius 1 is 0.943 bits per heavy atom. The van der Waals surface area contributed by atoms with Crippen molar-refractivity contribution in [3.8, 4) is 11.5 Å². The van der Waals surface area contributed by atoms with E-state index >= 15 is 0 Å². The summed E-state index contributed by atoms with van der Waals surface area (Å²) in [5, 5.41) is 3.01. The second-order valence-electron chi connectivity index (χ2n) is 8.78. The Kier molecular flexibility index (Phi) is 8.03. The van der Waals surface area contributed by atoms with E-state index in [4.69, 9.17) is 14.5 Å². The van der Waals surface area contributed by atoms with Gasteiger partial charge in [-0.1, -0.05) is 18.2 Å². The molecule has 0 aliphatic rings. The van der Waals surface area contributed by atoms with Crippen LogP contribution >= 0.6 is 0 Å². The lowest BCUT2D eigenvalue weighted by Crippen LogP contribution is -2.26. The van der Waals surface area contributed by atoms with Gasteiger partial charge in [0.05, 0.1) is 24.8 Å². The molecule has 1 N–H and O–H groups in total. The number of aromatic nitrogens is 2. The van der Waals surface area contributed by atoms with Crippen LogP contribution in [0.1, 0.15) is 40.2 Å². The zero-order valence-corrected chi connectivity index (χ0v) is 20.7. The normalized spacial score (nSPS) is 10.9. The van der Waals surface area contributed by atoms with Crippen molar-refractivity contribution in [1.29, 1.82) is 0 Å². The van der Waals surface area contributed by atoms with Gasteiger partial charge in [0.25, 0.3) is 5.91 Å². The van der Waals surface area contributed by atoms with Gasteiger partial charge in [0, 0.05) is 25.1 Å². The van der Waals surface area contributed by atoms with E-state index in [1.807, 2.05) is 18.2 Å². The van der Waals surface area contributed by atoms with Crippen LogP contribution in [0.2, 0.25) is 0 Å². The first-order chi connectivity index (χ1) is 17.0. The van der Waals surface area contributed by atoms with Gasteiger partial charge in [-0.25, -0.2) is 4.98 Å². The molecule has 0 spiro atoms. The average Bonchev–Trinajstić information content (AvgIpc) is 3.20. The number of fused-ring (bicyclic) bond motifs is 1. The van der Waals surface area contributed by atoms with Crippen molar-refractivity contribution >= 4 is 16.9 Å². The van der Waals surface area contributed by atoms with Gasteiger partial charge in [0.1, 0.15) is 17.3 Å². The van der Waals surface area contributed by atoms with Gasteiger partial charge in [-0.2, -0.15) is 0 Å². The maximum atomic E-state index is 12.5. The average molecular weight is 472 g/mol. The van der Waals surface area contributed by atoms with Gasteiger partial charge in [-0.3, -0.25) is 4.79 Å². The van der Waals surface area contributed by atoms with E-state index in [9.17, 15) is 4.79 Å². The summed E-state index contributed by atoms with van der Waals surface area (Å²) in [5.41, 5.74) is 5.15. The molecule has 0 fully saturated rings. The zero-order valence-electron chi connectivity index (χ0n) is 20.7. The van der Waals surface area contributed by atoms with E-state index in [2.05, 4.69) is 48.0 Å². The highest BCUT2D eigenvalue weighted by Gasteiger charge is 2.11. The molecule has 6 heteroatoms. The number of unbranched alkanes of at least 4 members (excludes halogenated alkanes) is 1. The number of carbonyl (C=O) groups is 1. The van der Waals surface area contributed by atoms with Crippen LogP contribution in [0.5, 0.6) is 11.5 Å². The third kappa shape index (κ3) is 6.41. The minimum Gasteiger partial charge on any atom is -0.497 e. The van der Waals surface area contributed by atoms with E-state index < -0.39 is 0 Å². The van der Waals surface area contributed by atoms with Crippen molar-refractivity contribution in [3.05, 3.63) is 89.2 Å². The summed E-state index contributed by atoms with van der Waals surface area (Å²) in [7, 11) is 1.61. The van der Waals surface area contributed by atoms with Crippen molar-refractivity contribution in [2.45, 2.75) is 39.7 Å². The highest BCUT2D eigenvalue weighted by atomic mass is 16.5. The molecule has 0 bridgehead atoms. The lowest BCUT2D eigenvalue weighted by Gasteiger charge is -2.11. The predicted octanol–water partition coefficient (Wildman–Crippen LogP) is 5.49. The van der Waals surface area contributed by atoms with Gasteiger partial charge in [-0.15, -0.1) is 0 Å². The quantitative estimate of drug-likeness (QED) is 0.294. The van der Waals surface area contributed by atoms with E-state index in [0.29, 0.717) is 25.1 Å². The minimum absolute atomic E-state index is 0.0983. The minimum atomic E-state index is -0.0983. The fourth-order valence-corrected chi connectivity index (χ4v) is 4.28. The zero-order chi connectivity index (χ0) is 24.6. The van der Waals surface area contributed by atoms with Crippen molar-refractivity contribution in [2.75, 3.05) is 20.3 Å². The second kappa shape index (κ2) is 11.6. The summed E-state index contributed by atoms with van der Waals surface area (Å²) >= 11 is 0. The van der Waals surface area contributed by atoms with Crippen LogP contribution in [0.4, 0.5) is 0 Å². The maximum absolute atomic E-state index is 12.5. The molecule has 182 valence electrons. The van der Waals surface area contributed by atoms with Crippen LogP contribution in [0.15, 0.2) is 66.7 Å². The molecule has 0 aliphatic heterocycles. The number of nitrogens with one attached hydrogen (secondary N) is 1. The number of hydrogen-bond donors (Lipinski definition) is 1. The van der Waals surface area contributed by atoms with Gasteiger partial charge in [-0.05, 0) is 86.3 Å². The lowest BCUT2D eigenvalue weighted by molar-refractivity contribution is 0.0954. The molecular formula is C29H33N3O3. The maximum Gasteiger partial charge on any atom is 0.251 e. The number of hydrogen-bond acceptors (Lipinski definition) is 4. The highest BCUT2D eigenvalue weighted by molar-refractivity contribution is 5.94. The molecule has 35 heavy (non-hydrogen) atoms. The molecule has 4 aromatic rings. The molecule has 3 aromatic carbocycles. The number of benzene rings is 3. The first-order valence-corrected chi connectivity index (χ1v) is 12.1. The van der Waals surface area contributed by atoms with Gasteiger partial charge < -0.3 is 19.4 Å². The second-order valence-corrected chi connectivity index (χ2v) is 8.78. The van der Waals surface area contributed by atoms with E-state index in [1.54, 1.807) is 31.4 Å². The topological polar surface area (TPSA) is 65.4 Å². The number of imidazole rings is 1. The Labute approximate surface area is 206 Å². The molecular weight excluding hydrogens is 438 g/mol. The number of para-hydroxylation sites is 2. The fraction of sp³-hybridized carbons (Fsp3) is 0.310. The highest BCUT2D eigenvalue weighted by Crippen LogP contribution is 2.19. The predicted molar refractivity (Wildman–Crippen MR) is 139 cm³/mol. The van der Waals surface area contributed by atoms with Crippen LogP contribution in [-0.4, -0.2) is 35.7 Å². The standard InChI is InChI=1S/C29H33N3O3/c1-21-18-22(2)20-25(19-21)35-17-7-6-16-32-27-9-5-4-8-26(27)31-28(32)14-15-30-29(33)23-10-12-24(34-3)13-11-23/h4-5,8-13,18-20H,6-7,14-17H2,1-3H3,(H,30,33). The molecule has 1 aromatic heterocycles. The summed E-state index contributed by atoms with van der Waals surface area (Å²) in [5.74, 6) is 2.55. The van der Waals surface area contributed by atoms with Crippen molar-refractivity contribution in [3.63, 3.8) is 0 Å². The summed E-state index contributed by atoms with van der Waals surface area (Å²) in [6, 6.07) is 21.6. The Morgan fingerprint density at radius 3 is 2.43 bits per heavy atom. The van der Waals surface area contributed by atoms with Crippen molar-refractivity contribution < 1.29 is 14.3 Å². The number of rotatable bonds is 11. The smallest absolute Gasteiger partial charge is 0.251 e. The Morgan fingerprint density at radius 2 is 1.69 bits per heavy atom. The molecule has 6 nitrogen and oxygen atoms in total. The molecule has 0 unspecified atom stereocenters. The van der Waals surface area contributed by atoms with Crippen LogP contribution < -0.4 is 14.8 Å². The molecule has 0 radical (unpaired) electrons. The SMILES string of the molecule is COc1ccc(C(=O)NCCc2nc3ccccc3n2CCCCOc2cc(C)cc(C)c2)cc1. The van der Waals surface area contributed by atoms with Crippen LogP contribution in [-0.2, 0) is 13.0 Å². The van der Waals surface area contributed by atoms with E-state index in [0.717, 1.165) is 47.7 Å². The Hall–Kier alpha value is -3.80. The number of aryl methyl sites for hydroxylation is 3. The summed E-state index contributed by atoms with van der Waals surface area (Å²) < 4.78 is 13.4. The first-order valence-electron chi connectivity index (χ1n) is 12.1. The molecule has 4 rings (SSSR count). The monoisotopic (exact) mass is 471 g/mol. The molecule has 1 heterocycles. The van der Waals surface area contributed by atoms with E-state index in [-0.39, 0.29) is 5.91 Å². The largest absolute Gasteiger partial charge is 0.497 e. The van der Waals surface area contributed by atoms with Crippen molar-refractivity contribution in [2.24, 2.45) is 0 Å². The van der Waals surface area contributed by atoms with Gasteiger partial charge >= 0.3 is 0 Å². The summed E-state index contributed by atoms with van der Waals surface area (Å²) in [6.07, 6.45) is 2.60. The van der Waals surface area contributed by atoms with Crippen molar-refractivity contribution in [1.82, 2.24) is 14.9 Å². The molecule has 0 aliphatic carbocycles. The fourth-order valence-electron chi connectivity index (χ4n) is 4.28. The number of methoxy groups -OCH3 is 1. The van der Waals surface area contributed by atoms with Gasteiger partial charge in [0.2, 0.25) is 0 Å². The van der Waals surface area contributed by atoms with E-state index in [1.165, 1.54) is 11.1 Å². The molecule has 0 saturated heterocycles. The number of carbonyl (C=O) groups excluding carboxylic acids is 1. The number of ether oxygens (including phenoxy) is 2. The van der Waals surface area contributed by atoms with Gasteiger partial charge in [0.15, 0.2) is 0 Å².